The van der Waals surface area contributed by atoms with Crippen LogP contribution in [-0.2, 0) is 42.5 Å². The second-order valence-electron chi connectivity index (χ2n) is 13.6. The number of aryl methyl sites for hydroxylation is 1. The quantitative estimate of drug-likeness (QED) is 0.103. The van der Waals surface area contributed by atoms with Gasteiger partial charge in [0.15, 0.2) is 36.3 Å². The van der Waals surface area contributed by atoms with Crippen LogP contribution in [0.1, 0.15) is 33.9 Å². The molecule has 3 aromatic heterocycles. The largest absolute Gasteiger partial charge is 0.508 e. The van der Waals surface area contributed by atoms with Crippen LogP contribution in [0.15, 0.2) is 77.0 Å². The molecule has 0 amide bonds. The fraction of sp³-hybridized carbons (Fsp3) is 0.353. The molecular formula is C34H33F2N7O14P2S. The zero-order chi connectivity index (χ0) is 42.5. The predicted molar refractivity (Wildman–Crippen MR) is 203 cm³/mol. The number of halogens is 2. The van der Waals surface area contributed by atoms with Gasteiger partial charge in [-0.25, -0.2) is 42.5 Å². The lowest BCUT2D eigenvalue weighted by atomic mass is 10.1. The second kappa shape index (κ2) is 16.5. The molecule has 3 fully saturated rings. The Hall–Kier alpha value is -4.87. The Balaban J connectivity index is 1.09. The molecule has 3 saturated heterocycles. The molecule has 3 aliphatic rings. The molecule has 5 N–H and O–H groups in total. The number of ether oxygens (including phenoxy) is 3. The highest BCUT2D eigenvalue weighted by atomic mass is 32.7. The number of phosphoric acid groups is 1. The first kappa shape index (κ1) is 41.8. The van der Waals surface area contributed by atoms with Crippen molar-refractivity contribution in [3.8, 4) is 11.5 Å². The maximum Gasteiger partial charge on any atom is 0.472 e. The van der Waals surface area contributed by atoms with Gasteiger partial charge in [0, 0.05) is 18.0 Å². The van der Waals surface area contributed by atoms with Crippen molar-refractivity contribution in [2.24, 2.45) is 0 Å². The number of alkyl halides is 2. The first-order valence-electron chi connectivity index (χ1n) is 17.8. The number of esters is 1. The van der Waals surface area contributed by atoms with Crippen LogP contribution in [0.4, 0.5) is 14.6 Å². The van der Waals surface area contributed by atoms with Gasteiger partial charge < -0.3 is 29.9 Å². The van der Waals surface area contributed by atoms with Crippen LogP contribution in [0.2, 0.25) is 0 Å². The molecular weight excluding hydrogens is 862 g/mol. The first-order valence-corrected chi connectivity index (χ1v) is 22.4. The summed E-state index contributed by atoms with van der Waals surface area (Å²) >= 11 is 0.550. The molecule has 2 bridgehead atoms. The Morgan fingerprint density at radius 3 is 2.47 bits per heavy atom. The summed E-state index contributed by atoms with van der Waals surface area (Å²) in [5, 5.41) is 9.67. The van der Waals surface area contributed by atoms with Crippen LogP contribution in [0.5, 0.6) is 11.5 Å². The normalized spacial score (nSPS) is 30.9. The number of hydrogen-bond donors (Lipinski definition) is 4. The van der Waals surface area contributed by atoms with Crippen LogP contribution < -0.4 is 21.7 Å². The third kappa shape index (κ3) is 8.53. The minimum atomic E-state index is -5.27. The Bertz CT molecular complexity index is 2660. The number of rotatable bonds is 7. The van der Waals surface area contributed by atoms with E-state index in [0.29, 0.717) is 22.5 Å². The average molecular weight is 896 g/mol. The summed E-state index contributed by atoms with van der Waals surface area (Å²) in [5.41, 5.74) is 5.37. The molecule has 60 heavy (non-hydrogen) atoms. The molecule has 6 heterocycles. The number of nitrogens with one attached hydrogen (secondary N) is 1. The number of phenols is 1. The number of anilines is 1. The molecule has 8 rings (SSSR count). The van der Waals surface area contributed by atoms with E-state index in [4.69, 9.17) is 38.0 Å². The molecule has 2 unspecified atom stereocenters. The van der Waals surface area contributed by atoms with E-state index in [2.05, 4.69) is 15.0 Å². The number of aromatic hydroxyl groups is 1. The SMILES string of the molecule is Cc1cc(O)ccc1C(=O)Oc1ccc(CSP2(=O)OC[C@H]3O[C@@H](n4cnc5c(N)ncnc54)[C@H](F)[C@@H]3OP(=O)(O)OC[C@H]3O[C@@H](n4ccc(=O)[nH]c4=O)[C@H](O2)[C@@H]3F)cc1. The molecule has 0 saturated carbocycles. The van der Waals surface area contributed by atoms with Crippen LogP contribution in [0, 0.1) is 6.92 Å². The maximum absolute atomic E-state index is 16.4. The van der Waals surface area contributed by atoms with E-state index >= 15 is 8.78 Å². The van der Waals surface area contributed by atoms with Crippen molar-refractivity contribution >= 4 is 49.0 Å². The average Bonchev–Trinajstić information content (AvgIpc) is 3.86. The Labute approximate surface area is 339 Å². The second-order valence-corrected chi connectivity index (χ2v) is 19.0. The van der Waals surface area contributed by atoms with Gasteiger partial charge in [-0.1, -0.05) is 12.1 Å². The molecule has 5 aromatic rings. The van der Waals surface area contributed by atoms with E-state index in [1.165, 1.54) is 42.5 Å². The van der Waals surface area contributed by atoms with Crippen molar-refractivity contribution < 1.29 is 65.0 Å². The summed E-state index contributed by atoms with van der Waals surface area (Å²) in [6, 6.07) is 11.1. The standard InChI is InChI=1S/C34H33F2N7O14P2S/c1-16-10-18(44)4-7-20(16)33(46)53-19-5-2-17(3-6-19)13-60-59(50)52-12-22-27(25(36)31(55-22)43-15-40-26-29(37)38-14-39-30(26)43)56-58(48,49)51-11-21-24(35)28(57-59)32(54-21)42-9-8-23(45)41-34(42)47/h2-10,14-15,21-22,24-25,27-28,31-32,44H,11-13H2,1H3,(H,48,49)(H2,37,38,39)(H,41,45,47)/t21-,22-,24-,25-,27-,28-,31-,32-,59?/m1/s1. The van der Waals surface area contributed by atoms with Crippen LogP contribution in [-0.4, -0.2) is 95.0 Å². The summed E-state index contributed by atoms with van der Waals surface area (Å²) in [7, 11) is -5.27. The number of aromatic amines is 1. The first-order chi connectivity index (χ1) is 28.6. The molecule has 0 radical (unpaired) electrons. The molecule has 26 heteroatoms. The van der Waals surface area contributed by atoms with Crippen molar-refractivity contribution in [1.82, 2.24) is 29.1 Å². The maximum atomic E-state index is 16.4. The minimum absolute atomic E-state index is 0.0209. The van der Waals surface area contributed by atoms with E-state index in [-0.39, 0.29) is 39.8 Å². The van der Waals surface area contributed by atoms with Gasteiger partial charge in [0.25, 0.3) is 5.56 Å². The van der Waals surface area contributed by atoms with Crippen molar-refractivity contribution in [2.75, 3.05) is 18.9 Å². The molecule has 10 atom stereocenters. The van der Waals surface area contributed by atoms with Crippen LogP contribution in [0.25, 0.3) is 11.2 Å². The van der Waals surface area contributed by atoms with Crippen molar-refractivity contribution in [3.63, 3.8) is 0 Å². The topological polar surface area (TPSA) is 281 Å². The van der Waals surface area contributed by atoms with Crippen molar-refractivity contribution in [3.05, 3.63) is 105 Å². The smallest absolute Gasteiger partial charge is 0.472 e. The molecule has 318 valence electrons. The van der Waals surface area contributed by atoms with E-state index in [9.17, 15) is 33.5 Å². The van der Waals surface area contributed by atoms with E-state index < -0.39 is 94.3 Å². The third-order valence-corrected chi connectivity index (χ3v) is 14.2. The predicted octanol–water partition coefficient (Wildman–Crippen LogP) is 3.62. The van der Waals surface area contributed by atoms with E-state index in [1.807, 2.05) is 4.98 Å². The van der Waals surface area contributed by atoms with E-state index in [1.54, 1.807) is 6.92 Å². The molecule has 3 aliphatic heterocycles. The number of H-pyrrole nitrogens is 1. The number of imidazole rings is 1. The van der Waals surface area contributed by atoms with E-state index in [0.717, 1.165) is 34.1 Å². The van der Waals surface area contributed by atoms with Crippen molar-refractivity contribution in [1.29, 1.82) is 0 Å². The van der Waals surface area contributed by atoms with Gasteiger partial charge in [0.05, 0.1) is 25.1 Å². The molecule has 2 aromatic carbocycles. The van der Waals surface area contributed by atoms with Gasteiger partial charge in [-0.15, -0.1) is 0 Å². The van der Waals surface area contributed by atoms with Crippen LogP contribution >= 0.6 is 26.0 Å². The number of nitrogens with two attached hydrogens (primary N) is 1. The molecule has 0 spiro atoms. The number of benzene rings is 2. The third-order valence-electron chi connectivity index (χ3n) is 9.58. The Morgan fingerprint density at radius 2 is 1.72 bits per heavy atom. The van der Waals surface area contributed by atoms with Gasteiger partial charge in [0.1, 0.15) is 47.8 Å². The summed E-state index contributed by atoms with van der Waals surface area (Å²) in [6.07, 6.45) is -11.9. The summed E-state index contributed by atoms with van der Waals surface area (Å²) in [5.74, 6) is -0.740. The highest BCUT2D eigenvalue weighted by molar-refractivity contribution is 8.54. The number of nitrogen functional groups attached to an aromatic ring is 1. The lowest BCUT2D eigenvalue weighted by molar-refractivity contribution is -0.0635. The van der Waals surface area contributed by atoms with Gasteiger partial charge in [-0.05, 0) is 59.8 Å². The number of fused-ring (bicyclic) bond motifs is 4. The lowest BCUT2D eigenvalue weighted by Gasteiger charge is -2.27. The number of carbonyl (C=O) groups excluding carboxylic acids is 1. The monoisotopic (exact) mass is 895 g/mol. The highest BCUT2D eigenvalue weighted by Crippen LogP contribution is 2.65. The zero-order valence-electron chi connectivity index (χ0n) is 30.8. The fourth-order valence-electron chi connectivity index (χ4n) is 6.64. The molecule has 0 aliphatic carbocycles. The zero-order valence-corrected chi connectivity index (χ0v) is 33.4. The van der Waals surface area contributed by atoms with Gasteiger partial charge in [0.2, 0.25) is 0 Å². The number of phenolic OH excluding ortho intramolecular Hbond substituents is 1. The Kier molecular flexibility index (Phi) is 11.5. The lowest BCUT2D eigenvalue weighted by Crippen LogP contribution is -2.37. The highest BCUT2D eigenvalue weighted by Gasteiger charge is 2.55. The number of hydrogen-bond acceptors (Lipinski definition) is 18. The number of phosphoric ester groups is 1. The summed E-state index contributed by atoms with van der Waals surface area (Å²) in [4.78, 5) is 62.3. The molecule has 21 nitrogen and oxygen atoms in total. The summed E-state index contributed by atoms with van der Waals surface area (Å²) in [6.45, 7) is -4.93. The van der Waals surface area contributed by atoms with Gasteiger partial charge in [-0.2, -0.15) is 0 Å². The van der Waals surface area contributed by atoms with Crippen LogP contribution in [0.3, 0.4) is 0 Å². The Morgan fingerprint density at radius 1 is 0.967 bits per heavy atom. The fourth-order valence-corrected chi connectivity index (χ4v) is 10.9. The van der Waals surface area contributed by atoms with Crippen molar-refractivity contribution in [2.45, 2.75) is 61.9 Å². The minimum Gasteiger partial charge on any atom is -0.508 e. The van der Waals surface area contributed by atoms with Gasteiger partial charge in [-0.3, -0.25) is 37.0 Å². The summed E-state index contributed by atoms with van der Waals surface area (Å²) < 4.78 is 102. The number of nitrogens with zero attached hydrogens (tertiary/aromatic N) is 5. The number of carbonyl (C=O) groups is 1. The van der Waals surface area contributed by atoms with Gasteiger partial charge >= 0.3 is 26.3 Å². The number of aromatic nitrogens is 6.